The SMILES string of the molecule is CC[C@@H]1Oc2ccccc2C(=O)N(CC(=O)c2cnn(-c3ccccc3)c2C)C1=O. The fourth-order valence-electron chi connectivity index (χ4n) is 3.52. The molecule has 30 heavy (non-hydrogen) atoms. The number of ketones is 1. The number of para-hydroxylation sites is 2. The van der Waals surface area contributed by atoms with Crippen molar-refractivity contribution in [1.29, 1.82) is 0 Å². The Balaban J connectivity index is 1.65. The third kappa shape index (κ3) is 3.39. The lowest BCUT2D eigenvalue weighted by atomic mass is 10.1. The number of benzene rings is 2. The molecule has 0 bridgehead atoms. The summed E-state index contributed by atoms with van der Waals surface area (Å²) in [5, 5.41) is 4.31. The molecule has 152 valence electrons. The molecule has 1 aliphatic heterocycles. The second-order valence-corrected chi connectivity index (χ2v) is 7.05. The van der Waals surface area contributed by atoms with Gasteiger partial charge in [0.15, 0.2) is 11.9 Å². The lowest BCUT2D eigenvalue weighted by Crippen LogP contribution is -2.45. The second-order valence-electron chi connectivity index (χ2n) is 7.05. The predicted octanol–water partition coefficient (Wildman–Crippen LogP) is 3.20. The van der Waals surface area contributed by atoms with Gasteiger partial charge in [0.1, 0.15) is 5.75 Å². The highest BCUT2D eigenvalue weighted by molar-refractivity contribution is 6.12. The first-order chi connectivity index (χ1) is 14.5. The summed E-state index contributed by atoms with van der Waals surface area (Å²) < 4.78 is 7.41. The first kappa shape index (κ1) is 19.6. The number of carbonyl (C=O) groups excluding carboxylic acids is 3. The molecule has 1 aromatic heterocycles. The summed E-state index contributed by atoms with van der Waals surface area (Å²) in [5.74, 6) is -1.05. The number of hydrogen-bond donors (Lipinski definition) is 0. The van der Waals surface area contributed by atoms with Gasteiger partial charge in [0, 0.05) is 0 Å². The minimum absolute atomic E-state index is 0.270. The van der Waals surface area contributed by atoms with Crippen molar-refractivity contribution in [3.8, 4) is 11.4 Å². The molecule has 0 saturated heterocycles. The van der Waals surface area contributed by atoms with E-state index < -0.39 is 17.9 Å². The molecule has 3 aromatic rings. The van der Waals surface area contributed by atoms with E-state index in [4.69, 9.17) is 4.74 Å². The number of fused-ring (bicyclic) bond motifs is 1. The van der Waals surface area contributed by atoms with Crippen LogP contribution in [0.3, 0.4) is 0 Å². The standard InChI is InChI=1S/C23H21N3O4/c1-3-20-23(29)25(22(28)17-11-7-8-12-21(17)30-20)14-19(27)18-13-24-26(15(18)2)16-9-5-4-6-10-16/h4-13,20H,3,14H2,1-2H3/t20-/m0/s1. The Bertz CT molecular complexity index is 1120. The van der Waals surface area contributed by atoms with Crippen LogP contribution in [0.25, 0.3) is 5.69 Å². The minimum Gasteiger partial charge on any atom is -0.480 e. The van der Waals surface area contributed by atoms with Crippen LogP contribution in [0.4, 0.5) is 0 Å². The largest absolute Gasteiger partial charge is 0.480 e. The van der Waals surface area contributed by atoms with Crippen molar-refractivity contribution in [3.05, 3.63) is 77.6 Å². The number of nitrogens with zero attached hydrogens (tertiary/aromatic N) is 3. The maximum absolute atomic E-state index is 13.0. The quantitative estimate of drug-likeness (QED) is 0.483. The molecule has 0 radical (unpaired) electrons. The number of amides is 2. The molecule has 0 N–H and O–H groups in total. The van der Waals surface area contributed by atoms with E-state index in [0.29, 0.717) is 23.4 Å². The lowest BCUT2D eigenvalue weighted by Gasteiger charge is -2.21. The molecule has 7 nitrogen and oxygen atoms in total. The molecule has 1 aliphatic rings. The number of Topliss-reactive ketones (excluding diaryl/α,β-unsaturated/α-hetero) is 1. The Kier molecular flexibility index (Phi) is 5.18. The number of imide groups is 1. The topological polar surface area (TPSA) is 81.5 Å². The lowest BCUT2D eigenvalue weighted by molar-refractivity contribution is -0.135. The summed E-state index contributed by atoms with van der Waals surface area (Å²) in [6.07, 6.45) is 1.04. The van der Waals surface area contributed by atoms with Crippen molar-refractivity contribution >= 4 is 17.6 Å². The van der Waals surface area contributed by atoms with Crippen LogP contribution < -0.4 is 4.74 Å². The van der Waals surface area contributed by atoms with Crippen LogP contribution in [-0.2, 0) is 4.79 Å². The van der Waals surface area contributed by atoms with Crippen molar-refractivity contribution in [2.24, 2.45) is 0 Å². The number of carbonyl (C=O) groups is 3. The fourth-order valence-corrected chi connectivity index (χ4v) is 3.52. The molecule has 0 aliphatic carbocycles. The van der Waals surface area contributed by atoms with Gasteiger partial charge in [0.25, 0.3) is 11.8 Å². The fraction of sp³-hybridized carbons (Fsp3) is 0.217. The Morgan fingerprint density at radius 3 is 2.50 bits per heavy atom. The summed E-state index contributed by atoms with van der Waals surface area (Å²) in [7, 11) is 0. The van der Waals surface area contributed by atoms with E-state index >= 15 is 0 Å². The first-order valence-corrected chi connectivity index (χ1v) is 9.76. The van der Waals surface area contributed by atoms with E-state index in [-0.39, 0.29) is 17.9 Å². The Labute approximate surface area is 173 Å². The van der Waals surface area contributed by atoms with Gasteiger partial charge in [-0.2, -0.15) is 5.10 Å². The third-order valence-corrected chi connectivity index (χ3v) is 5.16. The van der Waals surface area contributed by atoms with Crippen LogP contribution in [0.2, 0.25) is 0 Å². The Hall–Kier alpha value is -3.74. The average molecular weight is 403 g/mol. The monoisotopic (exact) mass is 403 g/mol. The number of aromatic nitrogens is 2. The molecule has 4 rings (SSSR count). The van der Waals surface area contributed by atoms with E-state index in [1.54, 1.807) is 42.8 Å². The zero-order valence-corrected chi connectivity index (χ0v) is 16.7. The molecule has 0 saturated carbocycles. The van der Waals surface area contributed by atoms with Crippen LogP contribution in [0, 0.1) is 6.92 Å². The molecular formula is C23H21N3O4. The predicted molar refractivity (Wildman–Crippen MR) is 110 cm³/mol. The van der Waals surface area contributed by atoms with E-state index in [2.05, 4.69) is 5.10 Å². The van der Waals surface area contributed by atoms with Crippen molar-refractivity contribution in [3.63, 3.8) is 0 Å². The van der Waals surface area contributed by atoms with Crippen LogP contribution >= 0.6 is 0 Å². The molecule has 0 unspecified atom stereocenters. The molecule has 0 fully saturated rings. The highest BCUT2D eigenvalue weighted by atomic mass is 16.5. The molecule has 1 atom stereocenters. The van der Waals surface area contributed by atoms with Gasteiger partial charge in [-0.3, -0.25) is 19.3 Å². The van der Waals surface area contributed by atoms with E-state index in [0.717, 1.165) is 10.6 Å². The zero-order valence-electron chi connectivity index (χ0n) is 16.7. The molecule has 0 spiro atoms. The normalized spacial score (nSPS) is 16.1. The average Bonchev–Trinajstić information content (AvgIpc) is 3.12. The van der Waals surface area contributed by atoms with Gasteiger partial charge in [0.2, 0.25) is 0 Å². The van der Waals surface area contributed by atoms with Crippen LogP contribution in [-0.4, -0.2) is 44.9 Å². The van der Waals surface area contributed by atoms with Crippen molar-refractivity contribution in [2.45, 2.75) is 26.4 Å². The minimum atomic E-state index is -0.821. The second kappa shape index (κ2) is 7.94. The highest BCUT2D eigenvalue weighted by Gasteiger charge is 2.37. The summed E-state index contributed by atoms with van der Waals surface area (Å²) in [6, 6.07) is 16.1. The summed E-state index contributed by atoms with van der Waals surface area (Å²) in [4.78, 5) is 40.0. The number of rotatable bonds is 5. The maximum Gasteiger partial charge on any atom is 0.270 e. The van der Waals surface area contributed by atoms with Crippen LogP contribution in [0.5, 0.6) is 5.75 Å². The van der Waals surface area contributed by atoms with Crippen molar-refractivity contribution < 1.29 is 19.1 Å². The number of hydrogen-bond acceptors (Lipinski definition) is 5. The van der Waals surface area contributed by atoms with Gasteiger partial charge in [-0.15, -0.1) is 0 Å². The smallest absolute Gasteiger partial charge is 0.270 e. The molecular weight excluding hydrogens is 382 g/mol. The van der Waals surface area contributed by atoms with Crippen LogP contribution in [0.1, 0.15) is 39.8 Å². The van der Waals surface area contributed by atoms with E-state index in [9.17, 15) is 14.4 Å². The summed E-state index contributed by atoms with van der Waals surface area (Å²) in [5.41, 5.74) is 2.10. The van der Waals surface area contributed by atoms with Gasteiger partial charge in [-0.1, -0.05) is 37.3 Å². The van der Waals surface area contributed by atoms with Gasteiger partial charge < -0.3 is 4.74 Å². The van der Waals surface area contributed by atoms with Gasteiger partial charge in [0.05, 0.1) is 35.2 Å². The first-order valence-electron chi connectivity index (χ1n) is 9.76. The van der Waals surface area contributed by atoms with Gasteiger partial charge in [-0.05, 0) is 37.6 Å². The van der Waals surface area contributed by atoms with Crippen molar-refractivity contribution in [2.75, 3.05) is 6.54 Å². The third-order valence-electron chi connectivity index (χ3n) is 5.16. The Morgan fingerprint density at radius 2 is 1.77 bits per heavy atom. The van der Waals surface area contributed by atoms with Crippen molar-refractivity contribution in [1.82, 2.24) is 14.7 Å². The summed E-state index contributed by atoms with van der Waals surface area (Å²) >= 11 is 0. The number of ether oxygens (including phenoxy) is 1. The summed E-state index contributed by atoms with van der Waals surface area (Å²) in [6.45, 7) is 3.22. The Morgan fingerprint density at radius 1 is 1.07 bits per heavy atom. The molecule has 7 heteroatoms. The molecule has 2 heterocycles. The van der Waals surface area contributed by atoms with E-state index in [1.807, 2.05) is 30.3 Å². The zero-order chi connectivity index (χ0) is 21.3. The van der Waals surface area contributed by atoms with Crippen LogP contribution in [0.15, 0.2) is 60.8 Å². The van der Waals surface area contributed by atoms with E-state index in [1.165, 1.54) is 6.20 Å². The van der Waals surface area contributed by atoms with Gasteiger partial charge >= 0.3 is 0 Å². The maximum atomic E-state index is 13.0. The van der Waals surface area contributed by atoms with Gasteiger partial charge in [-0.25, -0.2) is 4.68 Å². The molecule has 2 amide bonds. The molecule has 2 aromatic carbocycles. The highest BCUT2D eigenvalue weighted by Crippen LogP contribution is 2.27.